The standard InChI is InChI=1S/C27H18N.C16H13.C2H6Si.2ClH.Zr/c1-2-8-18(9-3-1)21-12-6-10-19-16-20(17-25(19)21)22-13-7-14-24-23-11-4-5-15-26(23)28-27(22)24;1-12-10-14-8-5-9-15(16(14)11-12)13-6-3-2-4-7-13;1-3-2;;;/h1-17,28H;2-11H,1H3;1-2H3;2*1H;/q2*-1;;;;+2/p-2. The minimum absolute atomic E-state index is 0.224. The molecule has 1 heterocycles. The van der Waals surface area contributed by atoms with Crippen LogP contribution in [0.15, 0.2) is 164 Å². The molecular formula is C45H37Cl2NSiZr-2. The Balaban J connectivity index is 0.000000150. The summed E-state index contributed by atoms with van der Waals surface area (Å²) in [5, 5.41) is 7.83. The van der Waals surface area contributed by atoms with Gasteiger partial charge in [0.25, 0.3) is 0 Å². The van der Waals surface area contributed by atoms with Crippen molar-refractivity contribution in [1.82, 2.24) is 4.98 Å². The fraction of sp³-hybridized carbons (Fsp3) is 0.0667. The number of aromatic amines is 1. The Kier molecular flexibility index (Phi) is 10.7. The Morgan fingerprint density at radius 2 is 1.02 bits per heavy atom. The minimum atomic E-state index is -1.65. The number of H-pyrrole nitrogens is 1. The molecule has 0 aliphatic rings. The fourth-order valence-corrected chi connectivity index (χ4v) is 6.63. The van der Waals surface area contributed by atoms with Crippen LogP contribution in [0.1, 0.15) is 5.56 Å². The van der Waals surface area contributed by atoms with Crippen LogP contribution < -0.4 is 0 Å². The topological polar surface area (TPSA) is 15.8 Å². The Morgan fingerprint density at radius 1 is 0.520 bits per heavy atom. The second kappa shape index (κ2) is 15.5. The first-order valence-electron chi connectivity index (χ1n) is 16.8. The molecule has 0 atom stereocenters. The quantitative estimate of drug-likeness (QED) is 0.136. The van der Waals surface area contributed by atoms with Crippen molar-refractivity contribution >= 4 is 65.8 Å². The van der Waals surface area contributed by atoms with Gasteiger partial charge < -0.3 is 4.98 Å². The fourth-order valence-electron chi connectivity index (χ4n) is 6.63. The number of nitrogens with one attached hydrogen (secondary N) is 1. The zero-order valence-electron chi connectivity index (χ0n) is 28.3. The largest absolute Gasteiger partial charge is 0.360 e. The molecule has 9 rings (SSSR count). The predicted octanol–water partition coefficient (Wildman–Crippen LogP) is 14.2. The van der Waals surface area contributed by atoms with Crippen LogP contribution in [-0.4, -0.2) is 10.4 Å². The summed E-state index contributed by atoms with van der Waals surface area (Å²) in [5.74, 6) is 0. The number of fused-ring (bicyclic) bond motifs is 5. The molecule has 0 saturated carbocycles. The summed E-state index contributed by atoms with van der Waals surface area (Å²) in [5.41, 5.74) is 11.2. The molecular weight excluding hydrogens is 745 g/mol. The van der Waals surface area contributed by atoms with E-state index < -0.39 is 18.0 Å². The van der Waals surface area contributed by atoms with Gasteiger partial charge >= 0.3 is 53.5 Å². The average molecular weight is 782 g/mol. The van der Waals surface area contributed by atoms with Crippen molar-refractivity contribution in [2.24, 2.45) is 0 Å². The van der Waals surface area contributed by atoms with Crippen LogP contribution in [0.25, 0.3) is 76.7 Å². The monoisotopic (exact) mass is 779 g/mol. The van der Waals surface area contributed by atoms with Crippen molar-refractivity contribution in [3.8, 4) is 33.4 Å². The summed E-state index contributed by atoms with van der Waals surface area (Å²) in [6.45, 7) is 6.48. The summed E-state index contributed by atoms with van der Waals surface area (Å²) in [7, 11) is 11.2. The van der Waals surface area contributed by atoms with Gasteiger partial charge in [-0.15, -0.1) is 69.1 Å². The van der Waals surface area contributed by atoms with E-state index in [2.05, 4.69) is 189 Å². The molecule has 1 nitrogen and oxygen atoms in total. The molecule has 0 unspecified atom stereocenters. The Labute approximate surface area is 309 Å². The Morgan fingerprint density at radius 3 is 1.64 bits per heavy atom. The van der Waals surface area contributed by atoms with Crippen molar-refractivity contribution in [2.45, 2.75) is 20.0 Å². The van der Waals surface area contributed by atoms with Gasteiger partial charge in [-0.2, -0.15) is 6.07 Å². The summed E-state index contributed by atoms with van der Waals surface area (Å²) >= 11 is -1.65. The van der Waals surface area contributed by atoms with Gasteiger partial charge in [0, 0.05) is 21.8 Å². The number of hydrogen-bond acceptors (Lipinski definition) is 0. The van der Waals surface area contributed by atoms with Gasteiger partial charge in [0.05, 0.1) is 0 Å². The first-order chi connectivity index (χ1) is 24.4. The number of para-hydroxylation sites is 2. The first-order valence-corrected chi connectivity index (χ1v) is 29.3. The molecule has 8 aromatic carbocycles. The maximum atomic E-state index is 5.62. The van der Waals surface area contributed by atoms with E-state index in [9.17, 15) is 0 Å². The number of rotatable bonds is 3. The number of benzene rings is 6. The third kappa shape index (κ3) is 7.39. The third-order valence-electron chi connectivity index (χ3n) is 9.05. The van der Waals surface area contributed by atoms with Crippen LogP contribution in [0.3, 0.4) is 0 Å². The molecule has 0 radical (unpaired) electrons. The van der Waals surface area contributed by atoms with Crippen LogP contribution in [0.4, 0.5) is 0 Å². The minimum Gasteiger partial charge on any atom is -0.360 e. The maximum Gasteiger partial charge on any atom is 0.0459 e. The summed E-state index contributed by atoms with van der Waals surface area (Å²) in [4.78, 5) is 3.64. The van der Waals surface area contributed by atoms with Crippen LogP contribution in [0.5, 0.6) is 0 Å². The van der Waals surface area contributed by atoms with Crippen molar-refractivity contribution in [1.29, 1.82) is 0 Å². The van der Waals surface area contributed by atoms with Crippen molar-refractivity contribution in [3.63, 3.8) is 0 Å². The molecule has 246 valence electrons. The normalized spacial score (nSPS) is 10.9. The summed E-state index contributed by atoms with van der Waals surface area (Å²) < 4.78 is 0. The van der Waals surface area contributed by atoms with E-state index in [1.807, 2.05) is 0 Å². The van der Waals surface area contributed by atoms with Crippen LogP contribution in [-0.2, 0) is 18.0 Å². The molecule has 0 aliphatic heterocycles. The third-order valence-corrected chi connectivity index (χ3v) is 28.8. The maximum absolute atomic E-state index is 5.62. The molecule has 9 aromatic rings. The summed E-state index contributed by atoms with van der Waals surface area (Å²) in [6.07, 6.45) is 0. The summed E-state index contributed by atoms with van der Waals surface area (Å²) in [6, 6.07) is 58.5. The van der Waals surface area contributed by atoms with Gasteiger partial charge in [0.1, 0.15) is 0 Å². The van der Waals surface area contributed by atoms with Crippen molar-refractivity contribution in [2.75, 3.05) is 0 Å². The van der Waals surface area contributed by atoms with E-state index in [1.54, 1.807) is 0 Å². The molecule has 1 N–H and O–H groups in total. The predicted molar refractivity (Wildman–Crippen MR) is 219 cm³/mol. The molecule has 1 aromatic heterocycles. The van der Waals surface area contributed by atoms with E-state index in [0.717, 1.165) is 0 Å². The van der Waals surface area contributed by atoms with E-state index in [1.165, 1.54) is 82.3 Å². The van der Waals surface area contributed by atoms with Crippen LogP contribution in [0, 0.1) is 6.92 Å². The van der Waals surface area contributed by atoms with E-state index in [4.69, 9.17) is 17.0 Å². The molecule has 0 amide bonds. The molecule has 5 heteroatoms. The van der Waals surface area contributed by atoms with Gasteiger partial charge in [-0.25, -0.2) is 0 Å². The van der Waals surface area contributed by atoms with Gasteiger partial charge in [-0.05, 0) is 17.2 Å². The average Bonchev–Trinajstić information content (AvgIpc) is 3.87. The number of hydrogen-bond donors (Lipinski definition) is 1. The zero-order chi connectivity index (χ0) is 34.6. The molecule has 0 saturated heterocycles. The molecule has 0 spiro atoms. The second-order valence-electron chi connectivity index (χ2n) is 12.8. The molecule has 0 fully saturated rings. The van der Waals surface area contributed by atoms with Gasteiger partial charge in [-0.1, -0.05) is 139 Å². The second-order valence-corrected chi connectivity index (χ2v) is 35.8. The number of halogens is 2. The van der Waals surface area contributed by atoms with Crippen molar-refractivity contribution < 1.29 is 18.0 Å². The van der Waals surface area contributed by atoms with Crippen LogP contribution >= 0.6 is 17.0 Å². The molecule has 0 aliphatic carbocycles. The molecule has 0 bridgehead atoms. The number of aromatic nitrogens is 1. The van der Waals surface area contributed by atoms with Gasteiger partial charge in [-0.3, -0.25) is 0 Å². The van der Waals surface area contributed by atoms with Crippen molar-refractivity contribution in [3.05, 3.63) is 169 Å². The SMILES string of the molecule is C[Si](C)=[Zr]([Cl])[Cl].Cc1cc2c(-c3ccccc3)cccc2[cH-]1.c1ccc(-c2cccc3[cH-]c(-c4cccc5c4[nH]c4ccccc45)cc23)cc1. The number of aryl methyl sites for hydroxylation is 1. The van der Waals surface area contributed by atoms with Gasteiger partial charge in [0.2, 0.25) is 0 Å². The zero-order valence-corrected chi connectivity index (χ0v) is 33.3. The van der Waals surface area contributed by atoms with Gasteiger partial charge in [0.15, 0.2) is 0 Å². The van der Waals surface area contributed by atoms with E-state index >= 15 is 0 Å². The smallest absolute Gasteiger partial charge is 0.0459 e. The molecule has 50 heavy (non-hydrogen) atoms. The van der Waals surface area contributed by atoms with E-state index in [0.29, 0.717) is 0 Å². The van der Waals surface area contributed by atoms with Crippen LogP contribution in [0.2, 0.25) is 13.1 Å². The Bertz CT molecular complexity index is 2580. The first kappa shape index (κ1) is 34.5. The van der Waals surface area contributed by atoms with E-state index in [-0.39, 0.29) is 5.43 Å². The Hall–Kier alpha value is -3.98.